The van der Waals surface area contributed by atoms with E-state index < -0.39 is 17.7 Å². The molecule has 0 spiro atoms. The number of nitrogens with zero attached hydrogens (tertiary/aromatic N) is 4. The number of hydrogen-bond donors (Lipinski definition) is 5. The SMILES string of the molecule is O=C(OC1CCN(CCCn2nnc3cc(CNC[C@H](O)c4ccc(O)c5[nH]c(=O)ccc45)c4c(c32)CCC4)CC1)C(O)(c1cccs1)c1cc2ccccc2s1. The van der Waals surface area contributed by atoms with Gasteiger partial charge in [0.25, 0.3) is 0 Å². The first kappa shape index (κ1) is 37.6. The Balaban J connectivity index is 0.794. The molecular formula is C43H44N6O6S2. The monoisotopic (exact) mass is 804 g/mol. The number of pyridine rings is 1. The minimum Gasteiger partial charge on any atom is -0.506 e. The Hall–Kier alpha value is -4.96. The molecule has 4 aromatic heterocycles. The third-order valence-corrected chi connectivity index (χ3v) is 13.7. The van der Waals surface area contributed by atoms with E-state index in [9.17, 15) is 24.9 Å². The number of phenols is 1. The van der Waals surface area contributed by atoms with Crippen LogP contribution >= 0.6 is 22.7 Å². The molecule has 3 aromatic carbocycles. The number of aromatic amines is 1. The molecule has 7 aromatic rings. The number of esters is 1. The van der Waals surface area contributed by atoms with Gasteiger partial charge < -0.3 is 35.3 Å². The Bertz CT molecular complexity index is 2600. The van der Waals surface area contributed by atoms with Gasteiger partial charge in [-0.05, 0) is 114 Å². The predicted molar refractivity (Wildman–Crippen MR) is 222 cm³/mol. The van der Waals surface area contributed by atoms with Crippen LogP contribution in [0.4, 0.5) is 0 Å². The molecule has 1 unspecified atom stereocenters. The van der Waals surface area contributed by atoms with Crippen molar-refractivity contribution in [3.8, 4) is 5.75 Å². The largest absolute Gasteiger partial charge is 0.506 e. The topological polar surface area (TPSA) is 166 Å². The van der Waals surface area contributed by atoms with Gasteiger partial charge in [0.2, 0.25) is 11.2 Å². The molecule has 294 valence electrons. The molecule has 0 bridgehead atoms. The third-order valence-electron chi connectivity index (χ3n) is 11.5. The van der Waals surface area contributed by atoms with Crippen LogP contribution in [0.25, 0.3) is 32.0 Å². The lowest BCUT2D eigenvalue weighted by Gasteiger charge is -2.33. The molecule has 2 aliphatic rings. The number of thiophene rings is 2. The number of fused-ring (bicyclic) bond motifs is 5. The lowest BCUT2D eigenvalue weighted by molar-refractivity contribution is -0.169. The van der Waals surface area contributed by atoms with Gasteiger partial charge in [-0.15, -0.1) is 27.8 Å². The minimum absolute atomic E-state index is 0.0342. The van der Waals surface area contributed by atoms with Crippen LogP contribution in [-0.2, 0) is 41.1 Å². The van der Waals surface area contributed by atoms with Crippen LogP contribution in [0, 0.1) is 0 Å². The summed E-state index contributed by atoms with van der Waals surface area (Å²) in [6, 6.07) is 21.8. The van der Waals surface area contributed by atoms with Gasteiger partial charge in [-0.1, -0.05) is 35.5 Å². The summed E-state index contributed by atoms with van der Waals surface area (Å²) < 4.78 is 9.13. The lowest BCUT2D eigenvalue weighted by Crippen LogP contribution is -2.43. The first-order chi connectivity index (χ1) is 27.8. The molecule has 5 heterocycles. The summed E-state index contributed by atoms with van der Waals surface area (Å²) >= 11 is 2.78. The lowest BCUT2D eigenvalue weighted by atomic mass is 9.98. The molecular weight excluding hydrogens is 761 g/mol. The standard InChI is InChI=1S/C43H44N6O6S2/c50-34-13-11-30(31-12-14-39(52)45-40(31)34)35(51)25-44-24-27-22-33-41(32-8-3-7-29(27)32)49(47-46-33)18-5-17-48-19-15-28(16-20-48)55-42(53)43(54,37-10-4-21-56-37)38-23-26-6-1-2-9-36(26)57-38/h1-2,4,6,9-14,21-23,28,35,44,50-51,54H,3,5,7-8,15-20,24-25H2,(H,45,52)/t35-,43?/m0/s1. The van der Waals surface area contributed by atoms with Crippen molar-refractivity contribution in [1.29, 1.82) is 0 Å². The van der Waals surface area contributed by atoms with E-state index in [-0.39, 0.29) is 17.4 Å². The zero-order valence-corrected chi connectivity index (χ0v) is 33.0. The average Bonchev–Trinajstić information content (AvgIpc) is 4.06. The number of hydrogen-bond acceptors (Lipinski definition) is 12. The van der Waals surface area contributed by atoms with E-state index in [2.05, 4.69) is 36.3 Å². The highest BCUT2D eigenvalue weighted by atomic mass is 32.1. The summed E-state index contributed by atoms with van der Waals surface area (Å²) in [4.78, 5) is 31.8. The van der Waals surface area contributed by atoms with Crippen molar-refractivity contribution in [3.63, 3.8) is 0 Å². The highest BCUT2D eigenvalue weighted by molar-refractivity contribution is 7.19. The molecule has 57 heavy (non-hydrogen) atoms. The van der Waals surface area contributed by atoms with Crippen molar-refractivity contribution in [2.45, 2.75) is 69.4 Å². The van der Waals surface area contributed by atoms with Crippen LogP contribution in [0.15, 0.2) is 83.0 Å². The fourth-order valence-electron chi connectivity index (χ4n) is 8.56. The number of benzene rings is 3. The van der Waals surface area contributed by atoms with Gasteiger partial charge in [0.1, 0.15) is 17.4 Å². The molecule has 14 heteroatoms. The molecule has 1 saturated heterocycles. The quantitative estimate of drug-likeness (QED) is 0.0887. The number of aliphatic hydroxyl groups excluding tert-OH is 1. The van der Waals surface area contributed by atoms with Crippen molar-refractivity contribution < 1.29 is 24.9 Å². The maximum atomic E-state index is 13.8. The number of carbonyl (C=O) groups is 1. The van der Waals surface area contributed by atoms with Gasteiger partial charge >= 0.3 is 5.97 Å². The fourth-order valence-corrected chi connectivity index (χ4v) is 10.6. The number of likely N-dealkylation sites (tertiary alicyclic amines) is 1. The minimum atomic E-state index is -1.84. The highest BCUT2D eigenvalue weighted by Gasteiger charge is 2.45. The Kier molecular flexibility index (Phi) is 10.4. The Morgan fingerprint density at radius 1 is 1.02 bits per heavy atom. The van der Waals surface area contributed by atoms with E-state index in [0.717, 1.165) is 78.5 Å². The van der Waals surface area contributed by atoms with Crippen LogP contribution in [0.3, 0.4) is 0 Å². The molecule has 1 aliphatic carbocycles. The van der Waals surface area contributed by atoms with E-state index in [1.807, 2.05) is 41.8 Å². The second-order valence-electron chi connectivity index (χ2n) is 15.1. The van der Waals surface area contributed by atoms with Crippen molar-refractivity contribution in [2.24, 2.45) is 0 Å². The van der Waals surface area contributed by atoms with E-state index in [4.69, 9.17) is 4.74 Å². The van der Waals surface area contributed by atoms with Crippen LogP contribution in [-0.4, -0.2) is 78.4 Å². The van der Waals surface area contributed by atoms with E-state index >= 15 is 0 Å². The molecule has 0 amide bonds. The van der Waals surface area contributed by atoms with Crippen molar-refractivity contribution in [1.82, 2.24) is 30.2 Å². The van der Waals surface area contributed by atoms with Gasteiger partial charge in [0.15, 0.2) is 0 Å². The summed E-state index contributed by atoms with van der Waals surface area (Å²) in [6.45, 7) is 4.11. The number of aromatic hydroxyl groups is 1. The molecule has 12 nitrogen and oxygen atoms in total. The normalized spacial score (nSPS) is 16.7. The number of aryl methyl sites for hydroxylation is 2. The first-order valence-corrected chi connectivity index (χ1v) is 21.2. The number of piperidine rings is 1. The average molecular weight is 805 g/mol. The number of rotatable bonds is 13. The molecule has 5 N–H and O–H groups in total. The second kappa shape index (κ2) is 15.8. The zero-order valence-electron chi connectivity index (χ0n) is 31.3. The summed E-state index contributed by atoms with van der Waals surface area (Å²) in [6.07, 6.45) is 4.25. The molecule has 0 radical (unpaired) electrons. The molecule has 9 rings (SSSR count). The summed E-state index contributed by atoms with van der Waals surface area (Å²) in [5, 5.41) is 49.3. The number of nitrogens with one attached hydrogen (secondary N) is 2. The number of carbonyl (C=O) groups excluding carboxylic acids is 1. The van der Waals surface area contributed by atoms with Crippen LogP contribution in [0.5, 0.6) is 5.75 Å². The van der Waals surface area contributed by atoms with Crippen molar-refractivity contribution in [2.75, 3.05) is 26.2 Å². The third kappa shape index (κ3) is 7.26. The van der Waals surface area contributed by atoms with Crippen molar-refractivity contribution >= 4 is 60.7 Å². The number of aromatic nitrogens is 4. The van der Waals surface area contributed by atoms with Crippen LogP contribution in [0.2, 0.25) is 0 Å². The molecule has 0 saturated carbocycles. The van der Waals surface area contributed by atoms with Crippen molar-refractivity contribution in [3.05, 3.63) is 121 Å². The predicted octanol–water partition coefficient (Wildman–Crippen LogP) is 5.90. The maximum absolute atomic E-state index is 13.8. The Morgan fingerprint density at radius 3 is 2.68 bits per heavy atom. The summed E-state index contributed by atoms with van der Waals surface area (Å²) in [5.41, 5.74) is 4.58. The first-order valence-electron chi connectivity index (χ1n) is 19.6. The highest BCUT2D eigenvalue weighted by Crippen LogP contribution is 2.41. The Morgan fingerprint density at radius 2 is 1.86 bits per heavy atom. The van der Waals surface area contributed by atoms with E-state index in [1.165, 1.54) is 45.9 Å². The van der Waals surface area contributed by atoms with Gasteiger partial charge in [-0.2, -0.15) is 0 Å². The molecule has 1 aliphatic heterocycles. The number of H-pyrrole nitrogens is 1. The summed E-state index contributed by atoms with van der Waals surface area (Å²) in [5.74, 6) is -0.646. The number of ether oxygens (including phenoxy) is 1. The van der Waals surface area contributed by atoms with Crippen LogP contribution in [0.1, 0.15) is 63.8 Å². The Labute approximate surface area is 336 Å². The zero-order chi connectivity index (χ0) is 39.1. The van der Waals surface area contributed by atoms with Gasteiger partial charge in [0.05, 0.1) is 26.9 Å². The van der Waals surface area contributed by atoms with Crippen LogP contribution < -0.4 is 10.9 Å². The fraction of sp³-hybridized carbons (Fsp3) is 0.349. The van der Waals surface area contributed by atoms with Gasteiger partial charge in [-0.3, -0.25) is 4.79 Å². The molecule has 2 atom stereocenters. The number of phenolic OH excluding ortho intramolecular Hbond substituents is 1. The van der Waals surface area contributed by atoms with E-state index in [1.54, 1.807) is 18.2 Å². The second-order valence-corrected chi connectivity index (χ2v) is 17.1. The summed E-state index contributed by atoms with van der Waals surface area (Å²) in [7, 11) is 0. The molecule has 1 fully saturated rings. The maximum Gasteiger partial charge on any atom is 0.349 e. The smallest absolute Gasteiger partial charge is 0.349 e. The van der Waals surface area contributed by atoms with Gasteiger partial charge in [-0.25, -0.2) is 9.48 Å². The van der Waals surface area contributed by atoms with Gasteiger partial charge in [0, 0.05) is 48.9 Å². The number of aliphatic hydroxyl groups is 2. The van der Waals surface area contributed by atoms with E-state index in [0.29, 0.717) is 52.2 Å².